The highest BCUT2D eigenvalue weighted by Crippen LogP contribution is 2.25. The van der Waals surface area contributed by atoms with Crippen molar-refractivity contribution in [2.24, 2.45) is 0 Å². The molecule has 1 heterocycles. The summed E-state index contributed by atoms with van der Waals surface area (Å²) in [7, 11) is 3.16. The van der Waals surface area contributed by atoms with E-state index in [2.05, 4.69) is 15.5 Å². The maximum atomic E-state index is 12.2. The number of benzene rings is 3. The van der Waals surface area contributed by atoms with Crippen LogP contribution in [0.1, 0.15) is 11.1 Å². The summed E-state index contributed by atoms with van der Waals surface area (Å²) in [6.45, 7) is 2.22. The van der Waals surface area contributed by atoms with Gasteiger partial charge in [0, 0.05) is 29.3 Å². The van der Waals surface area contributed by atoms with Gasteiger partial charge in [-0.15, -0.1) is 0 Å². The number of carbonyl (C=O) groups is 1. The molecule has 4 rings (SSSR count). The lowest BCUT2D eigenvalue weighted by atomic mass is 10.1. The number of aromatic nitrogens is 2. The van der Waals surface area contributed by atoms with Gasteiger partial charge >= 0.3 is 0 Å². The first kappa shape index (κ1) is 22.8. The molecule has 34 heavy (non-hydrogen) atoms. The molecule has 0 bridgehead atoms. The minimum absolute atomic E-state index is 0.115. The Morgan fingerprint density at radius 2 is 1.62 bits per heavy atom. The molecule has 0 aliphatic carbocycles. The third-order valence-electron chi connectivity index (χ3n) is 5.18. The van der Waals surface area contributed by atoms with Crippen molar-refractivity contribution in [3.05, 3.63) is 77.9 Å². The van der Waals surface area contributed by atoms with Gasteiger partial charge in [0.15, 0.2) is 6.61 Å². The second-order valence-corrected chi connectivity index (χ2v) is 7.56. The van der Waals surface area contributed by atoms with E-state index in [1.807, 2.05) is 55.5 Å². The third-order valence-corrected chi connectivity index (χ3v) is 5.18. The number of aryl methyl sites for hydroxylation is 1. The summed E-state index contributed by atoms with van der Waals surface area (Å²) in [6.07, 6.45) is 0. The Morgan fingerprint density at radius 3 is 2.32 bits per heavy atom. The molecule has 4 aromatic rings. The Hall–Kier alpha value is -4.33. The number of hydrogen-bond donors (Lipinski definition) is 1. The van der Waals surface area contributed by atoms with Crippen molar-refractivity contribution < 1.29 is 23.5 Å². The van der Waals surface area contributed by atoms with E-state index in [0.29, 0.717) is 35.5 Å². The van der Waals surface area contributed by atoms with E-state index in [1.54, 1.807) is 32.4 Å². The molecular formula is C26H25N3O5. The molecular weight excluding hydrogens is 434 g/mol. The number of methoxy groups -OCH3 is 2. The average Bonchev–Trinajstić information content (AvgIpc) is 3.37. The molecule has 0 atom stereocenters. The Bertz CT molecular complexity index is 1250. The second kappa shape index (κ2) is 10.5. The molecule has 174 valence electrons. The first-order chi connectivity index (χ1) is 16.6. The average molecular weight is 460 g/mol. The first-order valence-corrected chi connectivity index (χ1v) is 10.7. The summed E-state index contributed by atoms with van der Waals surface area (Å²) in [5, 5.41) is 6.88. The van der Waals surface area contributed by atoms with Crippen LogP contribution in [-0.4, -0.2) is 36.9 Å². The van der Waals surface area contributed by atoms with Crippen molar-refractivity contribution in [2.45, 2.75) is 13.5 Å². The highest BCUT2D eigenvalue weighted by atomic mass is 16.5. The monoisotopic (exact) mass is 459 g/mol. The van der Waals surface area contributed by atoms with Crippen molar-refractivity contribution in [3.8, 4) is 40.1 Å². The number of ether oxygens (including phenoxy) is 3. The minimum Gasteiger partial charge on any atom is -0.497 e. The van der Waals surface area contributed by atoms with Gasteiger partial charge in [0.05, 0.1) is 14.2 Å². The SMILES string of the molecule is COc1ccc(CNC(=O)COc2ccc(-c3nc(-c4ccc(C)cc4)no3)cc2)c(OC)c1. The second-order valence-electron chi connectivity index (χ2n) is 7.56. The molecule has 0 saturated carbocycles. The third kappa shape index (κ3) is 5.53. The summed E-state index contributed by atoms with van der Waals surface area (Å²) in [6, 6.07) is 20.5. The summed E-state index contributed by atoms with van der Waals surface area (Å²) in [5.41, 5.74) is 3.65. The minimum atomic E-state index is -0.249. The maximum absolute atomic E-state index is 12.2. The molecule has 1 aromatic heterocycles. The van der Waals surface area contributed by atoms with Crippen molar-refractivity contribution in [1.29, 1.82) is 0 Å². The van der Waals surface area contributed by atoms with Crippen LogP contribution in [0.4, 0.5) is 0 Å². The van der Waals surface area contributed by atoms with Crippen LogP contribution in [0.15, 0.2) is 71.3 Å². The highest BCUT2D eigenvalue weighted by Gasteiger charge is 2.12. The lowest BCUT2D eigenvalue weighted by Crippen LogP contribution is -2.28. The van der Waals surface area contributed by atoms with Crippen LogP contribution in [0.5, 0.6) is 17.2 Å². The molecule has 0 unspecified atom stereocenters. The Morgan fingerprint density at radius 1 is 0.912 bits per heavy atom. The van der Waals surface area contributed by atoms with Crippen LogP contribution in [0.3, 0.4) is 0 Å². The normalized spacial score (nSPS) is 10.6. The van der Waals surface area contributed by atoms with Gasteiger partial charge in [0.1, 0.15) is 17.2 Å². The topological polar surface area (TPSA) is 95.7 Å². The van der Waals surface area contributed by atoms with Gasteiger partial charge in [-0.25, -0.2) is 0 Å². The van der Waals surface area contributed by atoms with Crippen LogP contribution < -0.4 is 19.5 Å². The van der Waals surface area contributed by atoms with Crippen molar-refractivity contribution >= 4 is 5.91 Å². The fourth-order valence-corrected chi connectivity index (χ4v) is 3.25. The predicted octanol–water partition coefficient (Wildman–Crippen LogP) is 4.42. The van der Waals surface area contributed by atoms with E-state index >= 15 is 0 Å². The van der Waals surface area contributed by atoms with Crippen molar-refractivity contribution in [3.63, 3.8) is 0 Å². The van der Waals surface area contributed by atoms with E-state index < -0.39 is 0 Å². The Balaban J connectivity index is 1.30. The zero-order valence-electron chi connectivity index (χ0n) is 19.2. The smallest absolute Gasteiger partial charge is 0.258 e. The van der Waals surface area contributed by atoms with Crippen molar-refractivity contribution in [1.82, 2.24) is 15.5 Å². The number of amides is 1. The number of hydrogen-bond acceptors (Lipinski definition) is 7. The zero-order chi connectivity index (χ0) is 23.9. The molecule has 8 nitrogen and oxygen atoms in total. The number of nitrogens with one attached hydrogen (secondary N) is 1. The highest BCUT2D eigenvalue weighted by molar-refractivity contribution is 5.77. The summed E-state index contributed by atoms with van der Waals surface area (Å²) >= 11 is 0. The van der Waals surface area contributed by atoms with E-state index in [9.17, 15) is 4.79 Å². The Labute approximate surface area is 197 Å². The first-order valence-electron chi connectivity index (χ1n) is 10.7. The predicted molar refractivity (Wildman–Crippen MR) is 127 cm³/mol. The van der Waals surface area contributed by atoms with Gasteiger partial charge in [-0.3, -0.25) is 4.79 Å². The van der Waals surface area contributed by atoms with Gasteiger partial charge in [0.25, 0.3) is 11.8 Å². The van der Waals surface area contributed by atoms with Gasteiger partial charge < -0.3 is 24.1 Å². The zero-order valence-corrected chi connectivity index (χ0v) is 19.2. The van der Waals surface area contributed by atoms with E-state index in [4.69, 9.17) is 18.7 Å². The fourth-order valence-electron chi connectivity index (χ4n) is 3.25. The Kier molecular flexibility index (Phi) is 7.07. The molecule has 0 saturated heterocycles. The molecule has 0 spiro atoms. The van der Waals surface area contributed by atoms with Crippen LogP contribution in [-0.2, 0) is 11.3 Å². The lowest BCUT2D eigenvalue weighted by molar-refractivity contribution is -0.123. The molecule has 3 aromatic carbocycles. The lowest BCUT2D eigenvalue weighted by Gasteiger charge is -2.12. The van der Waals surface area contributed by atoms with E-state index in [0.717, 1.165) is 22.3 Å². The summed E-state index contributed by atoms with van der Waals surface area (Å²) < 4.78 is 21.5. The van der Waals surface area contributed by atoms with Gasteiger partial charge in [-0.1, -0.05) is 35.0 Å². The maximum Gasteiger partial charge on any atom is 0.258 e. The molecule has 1 N–H and O–H groups in total. The molecule has 0 aliphatic rings. The van der Waals surface area contributed by atoms with Crippen LogP contribution in [0.2, 0.25) is 0 Å². The van der Waals surface area contributed by atoms with Crippen LogP contribution >= 0.6 is 0 Å². The molecule has 8 heteroatoms. The largest absolute Gasteiger partial charge is 0.497 e. The van der Waals surface area contributed by atoms with E-state index in [1.165, 1.54) is 0 Å². The number of rotatable bonds is 9. The number of nitrogens with zero attached hydrogens (tertiary/aromatic N) is 2. The molecule has 0 aliphatic heterocycles. The van der Waals surface area contributed by atoms with Gasteiger partial charge in [-0.05, 0) is 43.3 Å². The van der Waals surface area contributed by atoms with E-state index in [-0.39, 0.29) is 12.5 Å². The summed E-state index contributed by atoms with van der Waals surface area (Å²) in [4.78, 5) is 16.7. The molecule has 0 fully saturated rings. The molecule has 1 amide bonds. The van der Waals surface area contributed by atoms with Gasteiger partial charge in [0.2, 0.25) is 5.82 Å². The fraction of sp³-hybridized carbons (Fsp3) is 0.192. The summed E-state index contributed by atoms with van der Waals surface area (Å²) in [5.74, 6) is 2.57. The number of carbonyl (C=O) groups excluding carboxylic acids is 1. The van der Waals surface area contributed by atoms with Crippen molar-refractivity contribution in [2.75, 3.05) is 20.8 Å². The quantitative estimate of drug-likeness (QED) is 0.396. The van der Waals surface area contributed by atoms with Crippen LogP contribution in [0.25, 0.3) is 22.8 Å². The molecule has 0 radical (unpaired) electrons. The standard InChI is InChI=1S/C26H25N3O5/c1-17-4-6-18(7-5-17)25-28-26(34-29-25)19-8-11-21(12-9-19)33-16-24(30)27-15-20-10-13-22(31-2)14-23(20)32-3/h4-14H,15-16H2,1-3H3,(H,27,30). The van der Waals surface area contributed by atoms with Gasteiger partial charge in [-0.2, -0.15) is 4.98 Å². The van der Waals surface area contributed by atoms with Crippen LogP contribution in [0, 0.1) is 6.92 Å².